The molecule has 2 heteroatoms. The summed E-state index contributed by atoms with van der Waals surface area (Å²) in [4.78, 5) is 0. The van der Waals surface area contributed by atoms with E-state index in [1.807, 2.05) is 30.8 Å². The Hall–Kier alpha value is -1.57. The molecule has 1 aromatic carbocycles. The Bertz CT molecular complexity index is 415. The van der Waals surface area contributed by atoms with Gasteiger partial charge in [-0.1, -0.05) is 58.0 Å². The third-order valence-electron chi connectivity index (χ3n) is 2.51. The van der Waals surface area contributed by atoms with Crippen LogP contribution in [0.2, 0.25) is 0 Å². The van der Waals surface area contributed by atoms with Crippen LogP contribution < -0.4 is 0 Å². The first kappa shape index (κ1) is 13.5. The van der Waals surface area contributed by atoms with E-state index in [0.717, 1.165) is 6.54 Å². The third kappa shape index (κ3) is 4.06. The van der Waals surface area contributed by atoms with Gasteiger partial charge in [-0.2, -0.15) is 5.10 Å². The van der Waals surface area contributed by atoms with Crippen LogP contribution in [-0.4, -0.2) is 9.78 Å². The van der Waals surface area contributed by atoms with Crippen molar-refractivity contribution in [2.75, 3.05) is 0 Å². The van der Waals surface area contributed by atoms with Gasteiger partial charge in [-0.25, -0.2) is 0 Å². The van der Waals surface area contributed by atoms with Crippen molar-refractivity contribution >= 4 is 0 Å². The molecule has 2 rings (SSSR count). The van der Waals surface area contributed by atoms with E-state index in [0.29, 0.717) is 5.92 Å². The summed E-state index contributed by atoms with van der Waals surface area (Å²) in [5.74, 6) is 0.550. The van der Waals surface area contributed by atoms with Crippen LogP contribution in [-0.2, 0) is 6.54 Å². The lowest BCUT2D eigenvalue weighted by atomic mass is 10.1. The monoisotopic (exact) mass is 230 g/mol. The van der Waals surface area contributed by atoms with Crippen LogP contribution in [0.3, 0.4) is 0 Å². The fourth-order valence-electron chi connectivity index (χ4n) is 1.53. The predicted octanol–water partition coefficient (Wildman–Crippen LogP) is 4.08. The summed E-state index contributed by atoms with van der Waals surface area (Å²) in [7, 11) is 0. The standard InChI is InChI=1S/C13H16N2.C2H6/c1-11(2)13-8-14-15(10-13)9-12-6-4-3-5-7-12;1-2/h3-8,10-11H,9H2,1-2H3;1-2H3. The normalized spacial score (nSPS) is 9.94. The van der Waals surface area contributed by atoms with Crippen molar-refractivity contribution in [1.29, 1.82) is 0 Å². The lowest BCUT2D eigenvalue weighted by Crippen LogP contribution is -1.99. The molecule has 2 nitrogen and oxygen atoms in total. The molecule has 0 saturated carbocycles. The first-order valence-electron chi connectivity index (χ1n) is 6.32. The Labute approximate surface area is 104 Å². The average molecular weight is 230 g/mol. The maximum absolute atomic E-state index is 4.35. The van der Waals surface area contributed by atoms with E-state index in [4.69, 9.17) is 0 Å². The number of rotatable bonds is 3. The average Bonchev–Trinajstić information content (AvgIpc) is 2.82. The number of benzene rings is 1. The molecule has 0 aliphatic carbocycles. The number of hydrogen-bond donors (Lipinski definition) is 0. The second-order valence-corrected chi connectivity index (χ2v) is 4.11. The topological polar surface area (TPSA) is 17.8 Å². The Kier molecular flexibility index (Phi) is 5.47. The highest BCUT2D eigenvalue weighted by atomic mass is 15.3. The molecule has 0 atom stereocenters. The van der Waals surface area contributed by atoms with Crippen LogP contribution in [0.1, 0.15) is 44.7 Å². The van der Waals surface area contributed by atoms with Crippen molar-refractivity contribution in [3.05, 3.63) is 53.9 Å². The van der Waals surface area contributed by atoms with Crippen LogP contribution in [0.4, 0.5) is 0 Å². The maximum Gasteiger partial charge on any atom is 0.0659 e. The van der Waals surface area contributed by atoms with Gasteiger partial charge in [0.05, 0.1) is 12.7 Å². The van der Waals surface area contributed by atoms with Crippen LogP contribution >= 0.6 is 0 Å². The van der Waals surface area contributed by atoms with Crippen LogP contribution in [0.5, 0.6) is 0 Å². The van der Waals surface area contributed by atoms with Gasteiger partial charge in [0.1, 0.15) is 0 Å². The highest BCUT2D eigenvalue weighted by molar-refractivity contribution is 5.16. The van der Waals surface area contributed by atoms with Crippen LogP contribution in [0, 0.1) is 0 Å². The molecule has 0 saturated heterocycles. The molecule has 1 aromatic heterocycles. The first-order valence-corrected chi connectivity index (χ1v) is 6.32. The number of hydrogen-bond acceptors (Lipinski definition) is 1. The molecule has 0 spiro atoms. The Balaban J connectivity index is 0.000000686. The molecular weight excluding hydrogens is 208 g/mol. The summed E-state index contributed by atoms with van der Waals surface area (Å²) in [5.41, 5.74) is 2.59. The lowest BCUT2D eigenvalue weighted by molar-refractivity contribution is 0.685. The minimum atomic E-state index is 0.550. The van der Waals surface area contributed by atoms with Crippen molar-refractivity contribution in [3.63, 3.8) is 0 Å². The van der Waals surface area contributed by atoms with Gasteiger partial charge < -0.3 is 0 Å². The largest absolute Gasteiger partial charge is 0.268 e. The molecule has 0 aliphatic rings. The van der Waals surface area contributed by atoms with E-state index in [2.05, 4.69) is 49.4 Å². The number of nitrogens with zero attached hydrogens (tertiary/aromatic N) is 2. The predicted molar refractivity (Wildman–Crippen MR) is 73.2 cm³/mol. The molecular formula is C15H22N2. The van der Waals surface area contributed by atoms with Gasteiger partial charge in [0.15, 0.2) is 0 Å². The molecule has 0 unspecified atom stereocenters. The minimum Gasteiger partial charge on any atom is -0.268 e. The minimum absolute atomic E-state index is 0.550. The molecule has 17 heavy (non-hydrogen) atoms. The lowest BCUT2D eigenvalue weighted by Gasteiger charge is -2.01. The van der Waals surface area contributed by atoms with E-state index in [9.17, 15) is 0 Å². The zero-order valence-electron chi connectivity index (χ0n) is 11.2. The quantitative estimate of drug-likeness (QED) is 0.776. The summed E-state index contributed by atoms with van der Waals surface area (Å²) in [6.45, 7) is 9.22. The molecule has 0 radical (unpaired) electrons. The van der Waals surface area contributed by atoms with Crippen molar-refractivity contribution in [2.45, 2.75) is 40.2 Å². The van der Waals surface area contributed by atoms with Crippen molar-refractivity contribution in [1.82, 2.24) is 9.78 Å². The molecule has 0 aliphatic heterocycles. The summed E-state index contributed by atoms with van der Waals surface area (Å²) >= 11 is 0. The van der Waals surface area contributed by atoms with Crippen molar-refractivity contribution in [3.8, 4) is 0 Å². The zero-order chi connectivity index (χ0) is 12.7. The molecule has 1 heterocycles. The van der Waals surface area contributed by atoms with E-state index in [-0.39, 0.29) is 0 Å². The van der Waals surface area contributed by atoms with Gasteiger partial charge in [-0.15, -0.1) is 0 Å². The molecule has 2 aromatic rings. The first-order chi connectivity index (χ1) is 8.25. The Morgan fingerprint density at radius 3 is 2.29 bits per heavy atom. The fraction of sp³-hybridized carbons (Fsp3) is 0.400. The number of aromatic nitrogens is 2. The van der Waals surface area contributed by atoms with Gasteiger partial charge in [0.25, 0.3) is 0 Å². The van der Waals surface area contributed by atoms with E-state index in [1.54, 1.807) is 0 Å². The second-order valence-electron chi connectivity index (χ2n) is 4.11. The SMILES string of the molecule is CC.CC(C)c1cnn(Cc2ccccc2)c1. The summed E-state index contributed by atoms with van der Waals surface area (Å²) in [6.07, 6.45) is 4.07. The Morgan fingerprint density at radius 2 is 1.76 bits per heavy atom. The molecule has 0 bridgehead atoms. The third-order valence-corrected chi connectivity index (χ3v) is 2.51. The molecule has 0 fully saturated rings. The van der Waals surface area contributed by atoms with Crippen molar-refractivity contribution < 1.29 is 0 Å². The Morgan fingerprint density at radius 1 is 1.12 bits per heavy atom. The van der Waals surface area contributed by atoms with Gasteiger partial charge in [-0.05, 0) is 17.0 Å². The highest BCUT2D eigenvalue weighted by Crippen LogP contribution is 2.13. The van der Waals surface area contributed by atoms with Crippen molar-refractivity contribution in [2.24, 2.45) is 0 Å². The summed E-state index contributed by atoms with van der Waals surface area (Å²) in [6, 6.07) is 10.4. The smallest absolute Gasteiger partial charge is 0.0659 e. The summed E-state index contributed by atoms with van der Waals surface area (Å²) in [5, 5.41) is 4.35. The molecule has 0 amide bonds. The zero-order valence-corrected chi connectivity index (χ0v) is 11.2. The van der Waals surface area contributed by atoms with E-state index < -0.39 is 0 Å². The summed E-state index contributed by atoms with van der Waals surface area (Å²) < 4.78 is 1.99. The van der Waals surface area contributed by atoms with Gasteiger partial charge in [0.2, 0.25) is 0 Å². The second kappa shape index (κ2) is 6.89. The molecule has 0 N–H and O–H groups in total. The fourth-order valence-corrected chi connectivity index (χ4v) is 1.53. The maximum atomic E-state index is 4.35. The molecule has 92 valence electrons. The van der Waals surface area contributed by atoms with Crippen LogP contribution in [0.15, 0.2) is 42.7 Å². The van der Waals surface area contributed by atoms with Crippen LogP contribution in [0.25, 0.3) is 0 Å². The van der Waals surface area contributed by atoms with Gasteiger partial charge in [0, 0.05) is 6.20 Å². The van der Waals surface area contributed by atoms with Gasteiger partial charge >= 0.3 is 0 Å². The van der Waals surface area contributed by atoms with E-state index in [1.165, 1.54) is 11.1 Å². The van der Waals surface area contributed by atoms with Gasteiger partial charge in [-0.3, -0.25) is 4.68 Å². The highest BCUT2D eigenvalue weighted by Gasteiger charge is 2.02. The van der Waals surface area contributed by atoms with E-state index >= 15 is 0 Å².